The van der Waals surface area contributed by atoms with Crippen LogP contribution in [0.25, 0.3) is 11.1 Å². The lowest BCUT2D eigenvalue weighted by Crippen LogP contribution is -2.11. The lowest BCUT2D eigenvalue weighted by atomic mass is 10.0. The van der Waals surface area contributed by atoms with Gasteiger partial charge in [0.05, 0.1) is 18.2 Å². The average molecular weight is 280 g/mol. The molecule has 19 heavy (non-hydrogen) atoms. The minimum absolute atomic E-state index is 0.00777. The maximum Gasteiger partial charge on any atom is 0.337 e. The number of rotatable bonds is 3. The summed E-state index contributed by atoms with van der Waals surface area (Å²) in [5.74, 6) is -0.717. The molecule has 2 aromatic rings. The fourth-order valence-electron chi connectivity index (χ4n) is 1.69. The molecule has 0 aliphatic rings. The number of pyridine rings is 1. The second-order valence-electron chi connectivity index (χ2n) is 3.78. The molecule has 0 bridgehead atoms. The molecular weight excluding hydrogens is 270 g/mol. The molecule has 5 nitrogen and oxygen atoms in total. The zero-order valence-corrected chi connectivity index (χ0v) is 10.7. The molecule has 0 aliphatic carbocycles. The van der Waals surface area contributed by atoms with Gasteiger partial charge in [-0.05, 0) is 24.3 Å². The summed E-state index contributed by atoms with van der Waals surface area (Å²) < 4.78 is 5.15. The second kappa shape index (κ2) is 5.16. The average Bonchev–Trinajstić information content (AvgIpc) is 2.39. The molecule has 0 unspecified atom stereocenters. The Bertz CT molecular complexity index is 693. The van der Waals surface area contributed by atoms with E-state index in [9.17, 15) is 9.59 Å². The van der Waals surface area contributed by atoms with Gasteiger partial charge in [0.15, 0.2) is 0 Å². The highest BCUT2D eigenvalue weighted by Gasteiger charge is 2.13. The van der Waals surface area contributed by atoms with Gasteiger partial charge in [-0.1, -0.05) is 11.6 Å². The molecule has 1 heterocycles. The number of carboxylic acids is 1. The van der Waals surface area contributed by atoms with E-state index >= 15 is 0 Å². The van der Waals surface area contributed by atoms with Crippen LogP contribution in [0, 0.1) is 0 Å². The number of halogens is 1. The molecule has 1 aromatic carbocycles. The lowest BCUT2D eigenvalue weighted by molar-refractivity contribution is 0.0696. The number of aromatic amines is 1. The van der Waals surface area contributed by atoms with Crippen molar-refractivity contribution in [2.45, 2.75) is 0 Å². The van der Waals surface area contributed by atoms with Crippen molar-refractivity contribution < 1.29 is 14.6 Å². The third kappa shape index (κ3) is 2.61. The van der Waals surface area contributed by atoms with Gasteiger partial charge in [-0.3, -0.25) is 4.79 Å². The Labute approximate surface area is 113 Å². The van der Waals surface area contributed by atoms with Crippen LogP contribution in [0.1, 0.15) is 10.4 Å². The summed E-state index contributed by atoms with van der Waals surface area (Å²) in [6, 6.07) is 6.07. The number of hydrogen-bond donors (Lipinski definition) is 2. The summed E-state index contributed by atoms with van der Waals surface area (Å²) >= 11 is 5.84. The van der Waals surface area contributed by atoms with Crippen molar-refractivity contribution in [2.75, 3.05) is 7.11 Å². The first-order valence-electron chi connectivity index (χ1n) is 5.33. The van der Waals surface area contributed by atoms with Crippen LogP contribution in [0.5, 0.6) is 5.75 Å². The molecule has 0 radical (unpaired) electrons. The van der Waals surface area contributed by atoms with E-state index in [-0.39, 0.29) is 11.1 Å². The monoisotopic (exact) mass is 279 g/mol. The normalized spacial score (nSPS) is 10.2. The highest BCUT2D eigenvalue weighted by molar-refractivity contribution is 6.30. The van der Waals surface area contributed by atoms with Crippen molar-refractivity contribution in [3.8, 4) is 16.9 Å². The van der Waals surface area contributed by atoms with E-state index in [0.29, 0.717) is 16.3 Å². The van der Waals surface area contributed by atoms with Gasteiger partial charge in [0.25, 0.3) is 5.56 Å². The predicted molar refractivity (Wildman–Crippen MR) is 71.0 cm³/mol. The number of H-pyrrole nitrogens is 1. The van der Waals surface area contributed by atoms with Crippen molar-refractivity contribution in [3.63, 3.8) is 0 Å². The van der Waals surface area contributed by atoms with E-state index in [1.807, 2.05) is 0 Å². The molecule has 0 amide bonds. The van der Waals surface area contributed by atoms with Crippen molar-refractivity contribution in [3.05, 3.63) is 51.4 Å². The molecular formula is C13H10ClNO4. The first kappa shape index (κ1) is 13.2. The van der Waals surface area contributed by atoms with Crippen LogP contribution in [0.3, 0.4) is 0 Å². The first-order chi connectivity index (χ1) is 9.02. The Morgan fingerprint density at radius 1 is 1.32 bits per heavy atom. The van der Waals surface area contributed by atoms with Crippen molar-refractivity contribution in [1.29, 1.82) is 0 Å². The minimum atomic E-state index is -1.12. The minimum Gasteiger partial charge on any atom is -0.496 e. The van der Waals surface area contributed by atoms with E-state index in [1.165, 1.54) is 13.2 Å². The maximum atomic E-state index is 11.8. The molecule has 2 N–H and O–H groups in total. The van der Waals surface area contributed by atoms with Crippen molar-refractivity contribution >= 4 is 17.6 Å². The zero-order valence-electron chi connectivity index (χ0n) is 9.94. The Morgan fingerprint density at radius 3 is 2.68 bits per heavy atom. The molecule has 0 saturated carbocycles. The topological polar surface area (TPSA) is 79.4 Å². The number of ether oxygens (including phenoxy) is 1. The quantitative estimate of drug-likeness (QED) is 0.904. The van der Waals surface area contributed by atoms with Gasteiger partial charge in [0, 0.05) is 16.8 Å². The molecule has 0 saturated heterocycles. The Balaban J connectivity index is 2.67. The SMILES string of the molecule is COc1cc(Cl)ccc1-c1cc(C(=O)O)c[nH]c1=O. The number of carboxylic acid groups (broad SMARTS) is 1. The standard InChI is InChI=1S/C13H10ClNO4/c1-19-11-5-8(14)2-3-9(11)10-4-7(13(17)18)6-15-12(10)16/h2-6H,1H3,(H,15,16)(H,17,18). The van der Waals surface area contributed by atoms with Crippen LogP contribution in [0.4, 0.5) is 0 Å². The molecule has 0 spiro atoms. The molecule has 2 rings (SSSR count). The van der Waals surface area contributed by atoms with E-state index in [1.54, 1.807) is 18.2 Å². The largest absolute Gasteiger partial charge is 0.496 e. The first-order valence-corrected chi connectivity index (χ1v) is 5.70. The highest BCUT2D eigenvalue weighted by atomic mass is 35.5. The molecule has 0 aliphatic heterocycles. The van der Waals surface area contributed by atoms with Gasteiger partial charge in [-0.2, -0.15) is 0 Å². The maximum absolute atomic E-state index is 11.8. The number of hydrogen-bond acceptors (Lipinski definition) is 3. The third-order valence-corrected chi connectivity index (χ3v) is 2.84. The molecule has 0 fully saturated rings. The second-order valence-corrected chi connectivity index (χ2v) is 4.22. The summed E-state index contributed by atoms with van der Waals surface area (Å²) in [4.78, 5) is 25.1. The fourth-order valence-corrected chi connectivity index (χ4v) is 1.86. The fraction of sp³-hybridized carbons (Fsp3) is 0.0769. The third-order valence-electron chi connectivity index (χ3n) is 2.60. The van der Waals surface area contributed by atoms with Crippen molar-refractivity contribution in [1.82, 2.24) is 4.98 Å². The Kier molecular flexibility index (Phi) is 3.57. The zero-order chi connectivity index (χ0) is 14.0. The molecule has 0 atom stereocenters. The van der Waals surface area contributed by atoms with Crippen LogP contribution < -0.4 is 10.3 Å². The number of aromatic carboxylic acids is 1. The number of benzene rings is 1. The van der Waals surface area contributed by atoms with Gasteiger partial charge in [-0.25, -0.2) is 4.79 Å². The smallest absolute Gasteiger partial charge is 0.337 e. The van der Waals surface area contributed by atoms with Gasteiger partial charge in [0.1, 0.15) is 5.75 Å². The van der Waals surface area contributed by atoms with Crippen molar-refractivity contribution in [2.24, 2.45) is 0 Å². The number of carbonyl (C=O) groups is 1. The summed E-state index contributed by atoms with van der Waals surface area (Å²) in [5.41, 5.74) is 0.293. The van der Waals surface area contributed by atoms with Crippen LogP contribution in [0.15, 0.2) is 35.3 Å². The lowest BCUT2D eigenvalue weighted by Gasteiger charge is -2.08. The summed E-state index contributed by atoms with van der Waals surface area (Å²) in [7, 11) is 1.45. The highest BCUT2D eigenvalue weighted by Crippen LogP contribution is 2.30. The van der Waals surface area contributed by atoms with Crippen LogP contribution in [-0.4, -0.2) is 23.2 Å². The van der Waals surface area contributed by atoms with Gasteiger partial charge < -0.3 is 14.8 Å². The molecule has 98 valence electrons. The Morgan fingerprint density at radius 2 is 2.05 bits per heavy atom. The summed E-state index contributed by atoms with van der Waals surface area (Å²) in [6.45, 7) is 0. The molecule has 6 heteroatoms. The Hall–Kier alpha value is -2.27. The van der Waals surface area contributed by atoms with Crippen LogP contribution in [-0.2, 0) is 0 Å². The predicted octanol–water partition coefficient (Wildman–Crippen LogP) is 2.40. The summed E-state index contributed by atoms with van der Waals surface area (Å²) in [6.07, 6.45) is 1.15. The summed E-state index contributed by atoms with van der Waals surface area (Å²) in [5, 5.41) is 9.41. The van der Waals surface area contributed by atoms with Crippen LogP contribution >= 0.6 is 11.6 Å². The van der Waals surface area contributed by atoms with Gasteiger partial charge >= 0.3 is 5.97 Å². The number of nitrogens with one attached hydrogen (secondary N) is 1. The van der Waals surface area contributed by atoms with Gasteiger partial charge in [-0.15, -0.1) is 0 Å². The van der Waals surface area contributed by atoms with E-state index < -0.39 is 11.5 Å². The van der Waals surface area contributed by atoms with E-state index in [4.69, 9.17) is 21.4 Å². The van der Waals surface area contributed by atoms with E-state index in [0.717, 1.165) is 6.20 Å². The number of aromatic nitrogens is 1. The van der Waals surface area contributed by atoms with E-state index in [2.05, 4.69) is 4.98 Å². The van der Waals surface area contributed by atoms with Crippen LogP contribution in [0.2, 0.25) is 5.02 Å². The molecule has 1 aromatic heterocycles. The number of methoxy groups -OCH3 is 1. The van der Waals surface area contributed by atoms with Gasteiger partial charge in [0.2, 0.25) is 0 Å².